The van der Waals surface area contributed by atoms with Crippen molar-refractivity contribution in [2.24, 2.45) is 11.8 Å². The summed E-state index contributed by atoms with van der Waals surface area (Å²) in [4.78, 5) is 23.7. The lowest BCUT2D eigenvalue weighted by Gasteiger charge is -2.28. The average molecular weight is 509 g/mol. The van der Waals surface area contributed by atoms with Gasteiger partial charge in [-0.25, -0.2) is 9.59 Å². The van der Waals surface area contributed by atoms with Crippen LogP contribution in [0.2, 0.25) is 0 Å². The third-order valence-electron chi connectivity index (χ3n) is 6.72. The van der Waals surface area contributed by atoms with E-state index in [0.717, 1.165) is 43.6 Å². The van der Waals surface area contributed by atoms with Gasteiger partial charge in [-0.05, 0) is 92.5 Å². The van der Waals surface area contributed by atoms with Crippen molar-refractivity contribution in [2.45, 2.75) is 64.7 Å². The molecule has 3 rings (SSSR count). The number of hydrogen-bond acceptors (Lipinski definition) is 6. The van der Waals surface area contributed by atoms with E-state index in [9.17, 15) is 9.59 Å². The molecule has 0 unspecified atom stereocenters. The number of hydrogen-bond donors (Lipinski definition) is 0. The van der Waals surface area contributed by atoms with Gasteiger partial charge in [-0.3, -0.25) is 0 Å². The van der Waals surface area contributed by atoms with Crippen LogP contribution in [0.3, 0.4) is 0 Å². The van der Waals surface area contributed by atoms with Gasteiger partial charge in [0.2, 0.25) is 0 Å². The summed E-state index contributed by atoms with van der Waals surface area (Å²) in [5.74, 6) is 2.12. The van der Waals surface area contributed by atoms with Gasteiger partial charge < -0.3 is 18.9 Å². The predicted molar refractivity (Wildman–Crippen MR) is 144 cm³/mol. The maximum Gasteiger partial charge on any atom is 0.343 e. The first kappa shape index (κ1) is 28.3. The van der Waals surface area contributed by atoms with E-state index in [1.165, 1.54) is 31.8 Å². The summed E-state index contributed by atoms with van der Waals surface area (Å²) in [5, 5.41) is 0. The van der Waals surface area contributed by atoms with Crippen molar-refractivity contribution >= 4 is 11.9 Å². The standard InChI is InChI=1S/C31H40O6/c1-3-5-6-7-8-21-34-27-15-13-26(14-16-27)31(33)37-29-19-17-28(18-20-29)35-22-24-9-11-25(12-10-24)23-36-30(32)4-2/h4,13-20,24-25H,2-3,5-12,21-23H2,1H3. The third-order valence-corrected chi connectivity index (χ3v) is 6.72. The Morgan fingerprint density at radius 1 is 0.784 bits per heavy atom. The highest BCUT2D eigenvalue weighted by molar-refractivity contribution is 5.91. The molecule has 1 aliphatic rings. The molecule has 0 amide bonds. The van der Waals surface area contributed by atoms with Crippen LogP contribution in [0.25, 0.3) is 0 Å². The van der Waals surface area contributed by atoms with E-state index in [0.29, 0.717) is 43.0 Å². The Labute approximate surface area is 221 Å². The number of esters is 2. The Balaban J connectivity index is 1.34. The van der Waals surface area contributed by atoms with Crippen molar-refractivity contribution < 1.29 is 28.5 Å². The molecule has 0 bridgehead atoms. The largest absolute Gasteiger partial charge is 0.494 e. The van der Waals surface area contributed by atoms with Gasteiger partial charge >= 0.3 is 11.9 Å². The second-order valence-electron chi connectivity index (χ2n) is 9.68. The lowest BCUT2D eigenvalue weighted by atomic mass is 9.83. The lowest BCUT2D eigenvalue weighted by Crippen LogP contribution is -2.23. The summed E-state index contributed by atoms with van der Waals surface area (Å²) in [7, 11) is 0. The summed E-state index contributed by atoms with van der Waals surface area (Å²) >= 11 is 0. The van der Waals surface area contributed by atoms with Gasteiger partial charge in [-0.15, -0.1) is 0 Å². The molecular weight excluding hydrogens is 468 g/mol. The molecule has 0 atom stereocenters. The molecule has 2 aromatic rings. The predicted octanol–water partition coefficient (Wildman–Crippen LogP) is 7.17. The zero-order valence-corrected chi connectivity index (χ0v) is 22.0. The van der Waals surface area contributed by atoms with E-state index >= 15 is 0 Å². The van der Waals surface area contributed by atoms with E-state index in [4.69, 9.17) is 18.9 Å². The minimum atomic E-state index is -0.407. The van der Waals surface area contributed by atoms with Gasteiger partial charge in [-0.2, -0.15) is 0 Å². The fourth-order valence-corrected chi connectivity index (χ4v) is 4.39. The van der Waals surface area contributed by atoms with E-state index in [-0.39, 0.29) is 5.97 Å². The van der Waals surface area contributed by atoms with Crippen LogP contribution in [-0.2, 0) is 9.53 Å². The summed E-state index contributed by atoms with van der Waals surface area (Å²) in [5.41, 5.74) is 0.477. The van der Waals surface area contributed by atoms with Gasteiger partial charge in [0.15, 0.2) is 0 Å². The van der Waals surface area contributed by atoms with Crippen LogP contribution in [0, 0.1) is 11.8 Å². The first-order valence-electron chi connectivity index (χ1n) is 13.5. The highest BCUT2D eigenvalue weighted by Crippen LogP contribution is 2.30. The van der Waals surface area contributed by atoms with Gasteiger partial charge in [-0.1, -0.05) is 39.2 Å². The van der Waals surface area contributed by atoms with Crippen LogP contribution in [0.15, 0.2) is 61.2 Å². The summed E-state index contributed by atoms with van der Waals surface area (Å²) in [6.07, 6.45) is 11.3. The number of rotatable bonds is 15. The van der Waals surface area contributed by atoms with Crippen LogP contribution >= 0.6 is 0 Å². The Morgan fingerprint density at radius 2 is 1.35 bits per heavy atom. The first-order valence-corrected chi connectivity index (χ1v) is 13.5. The number of carbonyl (C=O) groups excluding carboxylic acids is 2. The minimum absolute atomic E-state index is 0.356. The molecule has 0 saturated heterocycles. The Hall–Kier alpha value is -3.28. The van der Waals surface area contributed by atoms with E-state index in [2.05, 4.69) is 13.5 Å². The molecule has 0 aliphatic heterocycles. The van der Waals surface area contributed by atoms with E-state index < -0.39 is 5.97 Å². The molecule has 0 N–H and O–H groups in total. The smallest absolute Gasteiger partial charge is 0.343 e. The maximum atomic E-state index is 12.5. The summed E-state index contributed by atoms with van der Waals surface area (Å²) in [6.45, 7) is 7.43. The van der Waals surface area contributed by atoms with Crippen molar-refractivity contribution in [3.8, 4) is 17.2 Å². The zero-order chi connectivity index (χ0) is 26.3. The number of benzene rings is 2. The Kier molecular flexibility index (Phi) is 12.0. The van der Waals surface area contributed by atoms with Gasteiger partial charge in [0.1, 0.15) is 17.2 Å². The molecule has 2 aromatic carbocycles. The van der Waals surface area contributed by atoms with Crippen molar-refractivity contribution in [1.29, 1.82) is 0 Å². The van der Waals surface area contributed by atoms with E-state index in [1.807, 2.05) is 12.1 Å². The Morgan fingerprint density at radius 3 is 2.00 bits per heavy atom. The third kappa shape index (κ3) is 10.3. The Bertz CT molecular complexity index is 958. The second kappa shape index (κ2) is 15.7. The highest BCUT2D eigenvalue weighted by atomic mass is 16.5. The number of carbonyl (C=O) groups is 2. The fraction of sp³-hybridized carbons (Fsp3) is 0.484. The molecule has 0 heterocycles. The van der Waals surface area contributed by atoms with Crippen LogP contribution in [-0.4, -0.2) is 31.8 Å². The summed E-state index contributed by atoms with van der Waals surface area (Å²) in [6, 6.07) is 14.2. The summed E-state index contributed by atoms with van der Waals surface area (Å²) < 4.78 is 22.4. The van der Waals surface area contributed by atoms with Crippen molar-refractivity contribution in [3.05, 3.63) is 66.7 Å². The molecule has 1 fully saturated rings. The molecule has 37 heavy (non-hydrogen) atoms. The van der Waals surface area contributed by atoms with Crippen molar-refractivity contribution in [1.82, 2.24) is 0 Å². The van der Waals surface area contributed by atoms with Crippen LogP contribution in [0.5, 0.6) is 17.2 Å². The molecule has 0 spiro atoms. The number of unbranched alkanes of at least 4 members (excludes halogenated alkanes) is 4. The topological polar surface area (TPSA) is 71.1 Å². The first-order chi connectivity index (χ1) is 18.1. The van der Waals surface area contributed by atoms with Crippen LogP contribution in [0.1, 0.15) is 75.1 Å². The van der Waals surface area contributed by atoms with Gasteiger partial charge in [0.05, 0.1) is 25.4 Å². The van der Waals surface area contributed by atoms with Crippen molar-refractivity contribution in [3.63, 3.8) is 0 Å². The number of ether oxygens (including phenoxy) is 4. The zero-order valence-electron chi connectivity index (χ0n) is 22.0. The van der Waals surface area contributed by atoms with Crippen LogP contribution < -0.4 is 14.2 Å². The normalized spacial score (nSPS) is 17.0. The van der Waals surface area contributed by atoms with Crippen LogP contribution in [0.4, 0.5) is 0 Å². The maximum absolute atomic E-state index is 12.5. The molecule has 6 nitrogen and oxygen atoms in total. The van der Waals surface area contributed by atoms with Gasteiger partial charge in [0.25, 0.3) is 0 Å². The molecule has 0 aromatic heterocycles. The molecular formula is C31H40O6. The second-order valence-corrected chi connectivity index (χ2v) is 9.68. The lowest BCUT2D eigenvalue weighted by molar-refractivity contribution is -0.139. The molecule has 1 aliphatic carbocycles. The average Bonchev–Trinajstić information content (AvgIpc) is 2.94. The van der Waals surface area contributed by atoms with E-state index in [1.54, 1.807) is 36.4 Å². The fourth-order valence-electron chi connectivity index (χ4n) is 4.39. The molecule has 1 saturated carbocycles. The molecule has 200 valence electrons. The SMILES string of the molecule is C=CC(=O)OCC1CCC(COc2ccc(OC(=O)c3ccc(OCCCCCCC)cc3)cc2)CC1. The molecule has 0 radical (unpaired) electrons. The van der Waals surface area contributed by atoms with Crippen molar-refractivity contribution in [2.75, 3.05) is 19.8 Å². The van der Waals surface area contributed by atoms with Gasteiger partial charge in [0, 0.05) is 6.08 Å². The monoisotopic (exact) mass is 508 g/mol. The minimum Gasteiger partial charge on any atom is -0.494 e. The highest BCUT2D eigenvalue weighted by Gasteiger charge is 2.22. The molecule has 6 heteroatoms. The quantitative estimate of drug-likeness (QED) is 0.110.